The van der Waals surface area contributed by atoms with E-state index in [0.717, 1.165) is 48.5 Å². The predicted octanol–water partition coefficient (Wildman–Crippen LogP) is 4.80. The van der Waals surface area contributed by atoms with E-state index in [-0.39, 0.29) is 5.91 Å². The lowest BCUT2D eigenvalue weighted by Crippen LogP contribution is -2.39. The van der Waals surface area contributed by atoms with E-state index >= 15 is 0 Å². The highest BCUT2D eigenvalue weighted by atomic mass is 32.2. The van der Waals surface area contributed by atoms with Crippen molar-refractivity contribution in [3.05, 3.63) is 72.8 Å². The normalized spacial score (nSPS) is 15.0. The van der Waals surface area contributed by atoms with Crippen LogP contribution in [0.3, 0.4) is 0 Å². The fourth-order valence-corrected chi connectivity index (χ4v) is 4.95. The van der Waals surface area contributed by atoms with Crippen molar-refractivity contribution >= 4 is 28.7 Å². The largest absolute Gasteiger partial charge is 0.342 e. The summed E-state index contributed by atoms with van der Waals surface area (Å²) in [6, 6.07) is 18.7. The first-order chi connectivity index (χ1) is 14.2. The molecule has 2 aromatic carbocycles. The summed E-state index contributed by atoms with van der Waals surface area (Å²) in [6.07, 6.45) is 5.15. The van der Waals surface area contributed by atoms with E-state index in [4.69, 9.17) is 4.98 Å². The molecule has 0 N–H and O–H groups in total. The van der Waals surface area contributed by atoms with Gasteiger partial charge in [-0.05, 0) is 42.9 Å². The van der Waals surface area contributed by atoms with Crippen LogP contribution in [-0.4, -0.2) is 39.2 Å². The monoisotopic (exact) mass is 405 g/mol. The molecule has 1 saturated heterocycles. The van der Waals surface area contributed by atoms with Gasteiger partial charge in [0.25, 0.3) is 0 Å². The summed E-state index contributed by atoms with van der Waals surface area (Å²) >= 11 is 1.53. The fraction of sp³-hybridized carbons (Fsp3) is 0.333. The fourth-order valence-electron chi connectivity index (χ4n) is 4.02. The molecule has 5 heteroatoms. The molecule has 4 nitrogen and oxygen atoms in total. The number of nitrogens with zero attached hydrogens (tertiary/aromatic N) is 3. The molecule has 0 spiro atoms. The molecule has 0 bridgehead atoms. The smallest absolute Gasteiger partial charge is 0.233 e. The first-order valence-corrected chi connectivity index (χ1v) is 11.2. The second-order valence-electron chi connectivity index (χ2n) is 7.58. The van der Waals surface area contributed by atoms with E-state index in [0.29, 0.717) is 18.2 Å². The van der Waals surface area contributed by atoms with Crippen LogP contribution in [0.15, 0.2) is 72.4 Å². The number of aromatic nitrogens is 2. The number of carbonyl (C=O) groups is 1. The standard InChI is InChI=1S/C24H27N3OS/c1-2-14-27-22-11-7-6-10-21(22)25-24(27)29-18-23(28)26-15-12-20(13-16-26)17-19-8-4-3-5-9-19/h2-11,20H,1,12-18H2. The van der Waals surface area contributed by atoms with Crippen molar-refractivity contribution in [2.75, 3.05) is 18.8 Å². The third kappa shape index (κ3) is 4.73. The van der Waals surface area contributed by atoms with Crippen LogP contribution in [0.25, 0.3) is 11.0 Å². The number of thioether (sulfide) groups is 1. The number of rotatable bonds is 7. The number of piperidine rings is 1. The van der Waals surface area contributed by atoms with Crippen LogP contribution in [0.1, 0.15) is 18.4 Å². The highest BCUT2D eigenvalue weighted by Crippen LogP contribution is 2.26. The molecule has 150 valence electrons. The summed E-state index contributed by atoms with van der Waals surface area (Å²) in [5.74, 6) is 1.32. The van der Waals surface area contributed by atoms with Gasteiger partial charge in [-0.25, -0.2) is 4.98 Å². The van der Waals surface area contributed by atoms with Gasteiger partial charge in [0.1, 0.15) is 0 Å². The van der Waals surface area contributed by atoms with Crippen molar-refractivity contribution in [3.8, 4) is 0 Å². The molecule has 0 unspecified atom stereocenters. The number of fused-ring (bicyclic) bond motifs is 1. The van der Waals surface area contributed by atoms with Crippen LogP contribution >= 0.6 is 11.8 Å². The number of amides is 1. The Kier molecular flexibility index (Phi) is 6.35. The van der Waals surface area contributed by atoms with Crippen molar-refractivity contribution in [1.82, 2.24) is 14.5 Å². The topological polar surface area (TPSA) is 38.1 Å². The zero-order valence-electron chi connectivity index (χ0n) is 16.7. The Labute approximate surface area is 176 Å². The number of allylic oxidation sites excluding steroid dienone is 1. The highest BCUT2D eigenvalue weighted by molar-refractivity contribution is 7.99. The second kappa shape index (κ2) is 9.31. The number of carbonyl (C=O) groups excluding carboxylic acids is 1. The van der Waals surface area contributed by atoms with Crippen LogP contribution in [0.2, 0.25) is 0 Å². The molecule has 3 aromatic rings. The van der Waals surface area contributed by atoms with Crippen molar-refractivity contribution in [2.24, 2.45) is 5.92 Å². The van der Waals surface area contributed by atoms with Crippen LogP contribution in [0.5, 0.6) is 0 Å². The summed E-state index contributed by atoms with van der Waals surface area (Å²) in [4.78, 5) is 19.5. The number of imidazole rings is 1. The second-order valence-corrected chi connectivity index (χ2v) is 8.53. The average Bonchev–Trinajstić information content (AvgIpc) is 3.11. The lowest BCUT2D eigenvalue weighted by molar-refractivity contribution is -0.129. The van der Waals surface area contributed by atoms with Gasteiger partial charge in [-0.1, -0.05) is 60.3 Å². The predicted molar refractivity (Wildman–Crippen MR) is 120 cm³/mol. The Morgan fingerprint density at radius 3 is 2.59 bits per heavy atom. The molecule has 1 aliphatic rings. The van der Waals surface area contributed by atoms with Gasteiger partial charge in [0.15, 0.2) is 5.16 Å². The summed E-state index contributed by atoms with van der Waals surface area (Å²) in [7, 11) is 0. The van der Waals surface area contributed by atoms with Gasteiger partial charge in [-0.3, -0.25) is 4.79 Å². The Morgan fingerprint density at radius 2 is 1.83 bits per heavy atom. The van der Waals surface area contributed by atoms with Crippen LogP contribution < -0.4 is 0 Å². The molecular formula is C24H27N3OS. The van der Waals surface area contributed by atoms with Gasteiger partial charge in [-0.15, -0.1) is 6.58 Å². The molecule has 1 amide bonds. The van der Waals surface area contributed by atoms with Crippen molar-refractivity contribution in [3.63, 3.8) is 0 Å². The van der Waals surface area contributed by atoms with Gasteiger partial charge in [0.05, 0.1) is 16.8 Å². The Bertz CT molecular complexity index is 974. The summed E-state index contributed by atoms with van der Waals surface area (Å²) in [5.41, 5.74) is 3.45. The van der Waals surface area contributed by atoms with E-state index in [9.17, 15) is 4.79 Å². The van der Waals surface area contributed by atoms with Crippen molar-refractivity contribution < 1.29 is 4.79 Å². The lowest BCUT2D eigenvalue weighted by atomic mass is 9.90. The molecule has 0 radical (unpaired) electrons. The van der Waals surface area contributed by atoms with Crippen LogP contribution in [0, 0.1) is 5.92 Å². The molecule has 0 atom stereocenters. The zero-order chi connectivity index (χ0) is 20.1. The first kappa shape index (κ1) is 19.8. The molecule has 4 rings (SSSR count). The molecule has 0 aliphatic carbocycles. The van der Waals surface area contributed by atoms with Gasteiger partial charge in [0.2, 0.25) is 5.91 Å². The molecular weight excluding hydrogens is 378 g/mol. The minimum absolute atomic E-state index is 0.213. The SMILES string of the molecule is C=CCn1c(SCC(=O)N2CCC(Cc3ccccc3)CC2)nc2ccccc21. The number of para-hydroxylation sites is 2. The van der Waals surface area contributed by atoms with Crippen LogP contribution in [0.4, 0.5) is 0 Å². The lowest BCUT2D eigenvalue weighted by Gasteiger charge is -2.32. The Balaban J connectivity index is 1.32. The maximum atomic E-state index is 12.8. The van der Waals surface area contributed by atoms with E-state index in [1.54, 1.807) is 0 Å². The quantitative estimate of drug-likeness (QED) is 0.419. The highest BCUT2D eigenvalue weighted by Gasteiger charge is 2.23. The van der Waals surface area contributed by atoms with E-state index in [1.807, 2.05) is 29.2 Å². The van der Waals surface area contributed by atoms with E-state index < -0.39 is 0 Å². The maximum absolute atomic E-state index is 12.8. The molecule has 2 heterocycles. The minimum atomic E-state index is 0.213. The molecule has 29 heavy (non-hydrogen) atoms. The van der Waals surface area contributed by atoms with E-state index in [2.05, 4.69) is 47.5 Å². The number of likely N-dealkylation sites (tertiary alicyclic amines) is 1. The minimum Gasteiger partial charge on any atom is -0.342 e. The molecule has 1 aliphatic heterocycles. The Morgan fingerprint density at radius 1 is 1.10 bits per heavy atom. The van der Waals surface area contributed by atoms with E-state index in [1.165, 1.54) is 17.3 Å². The number of hydrogen-bond donors (Lipinski definition) is 0. The first-order valence-electron chi connectivity index (χ1n) is 10.3. The third-order valence-corrected chi connectivity index (χ3v) is 6.55. The molecule has 1 fully saturated rings. The molecule has 1 aromatic heterocycles. The zero-order valence-corrected chi connectivity index (χ0v) is 17.5. The number of hydrogen-bond acceptors (Lipinski definition) is 3. The average molecular weight is 406 g/mol. The van der Waals surface area contributed by atoms with Crippen molar-refractivity contribution in [1.29, 1.82) is 0 Å². The molecule has 0 saturated carbocycles. The van der Waals surface area contributed by atoms with Gasteiger partial charge < -0.3 is 9.47 Å². The van der Waals surface area contributed by atoms with Gasteiger partial charge in [-0.2, -0.15) is 0 Å². The van der Waals surface area contributed by atoms with Crippen LogP contribution in [-0.2, 0) is 17.8 Å². The Hall–Kier alpha value is -2.53. The maximum Gasteiger partial charge on any atom is 0.233 e. The van der Waals surface area contributed by atoms with Gasteiger partial charge >= 0.3 is 0 Å². The number of benzene rings is 2. The van der Waals surface area contributed by atoms with Crippen molar-refractivity contribution in [2.45, 2.75) is 31.0 Å². The summed E-state index contributed by atoms with van der Waals surface area (Å²) in [6.45, 7) is 6.27. The summed E-state index contributed by atoms with van der Waals surface area (Å²) < 4.78 is 2.13. The third-order valence-electron chi connectivity index (χ3n) is 5.59. The van der Waals surface area contributed by atoms with Gasteiger partial charge in [0, 0.05) is 19.6 Å². The summed E-state index contributed by atoms with van der Waals surface area (Å²) in [5, 5.41) is 0.887.